The zero-order chi connectivity index (χ0) is 22.7. The second-order valence-corrected chi connectivity index (χ2v) is 8.40. The number of nitrogens with two attached hydrogens (primary N) is 2. The first-order chi connectivity index (χ1) is 14.1. The summed E-state index contributed by atoms with van der Waals surface area (Å²) >= 11 is 0. The van der Waals surface area contributed by atoms with Crippen molar-refractivity contribution in [2.24, 2.45) is 22.4 Å². The molecule has 1 saturated carbocycles. The number of hydrogen-bond donors (Lipinski definition) is 5. The Morgan fingerprint density at radius 2 is 1.67 bits per heavy atom. The molecule has 3 amide bonds. The summed E-state index contributed by atoms with van der Waals surface area (Å²) < 4.78 is 0. The first-order valence-electron chi connectivity index (χ1n) is 11.1. The van der Waals surface area contributed by atoms with Crippen molar-refractivity contribution < 1.29 is 14.4 Å². The van der Waals surface area contributed by atoms with E-state index >= 15 is 0 Å². The zero-order valence-electron chi connectivity index (χ0n) is 18.9. The lowest BCUT2D eigenvalue weighted by atomic mass is 9.90. The predicted octanol–water partition coefficient (Wildman–Crippen LogP) is 0.915. The maximum atomic E-state index is 13.2. The molecule has 0 saturated heterocycles. The van der Waals surface area contributed by atoms with E-state index in [-0.39, 0.29) is 35.6 Å². The first-order valence-corrected chi connectivity index (χ1v) is 11.1. The molecule has 30 heavy (non-hydrogen) atoms. The Bertz CT molecular complexity index is 606. The van der Waals surface area contributed by atoms with Gasteiger partial charge < -0.3 is 27.4 Å². The first kappa shape index (κ1) is 25.7. The molecule has 0 aromatic heterocycles. The second-order valence-electron chi connectivity index (χ2n) is 8.40. The van der Waals surface area contributed by atoms with Gasteiger partial charge in [0.1, 0.15) is 11.6 Å². The highest BCUT2D eigenvalue weighted by molar-refractivity contribution is 5.95. The van der Waals surface area contributed by atoms with Crippen LogP contribution in [0.3, 0.4) is 0 Å². The lowest BCUT2D eigenvalue weighted by Gasteiger charge is -2.34. The van der Waals surface area contributed by atoms with Crippen LogP contribution < -0.4 is 27.4 Å². The van der Waals surface area contributed by atoms with Crippen molar-refractivity contribution in [2.75, 3.05) is 6.54 Å². The van der Waals surface area contributed by atoms with Crippen molar-refractivity contribution in [3.63, 3.8) is 0 Å². The summed E-state index contributed by atoms with van der Waals surface area (Å²) in [4.78, 5) is 42.3. The van der Waals surface area contributed by atoms with Crippen molar-refractivity contribution in [1.29, 1.82) is 0 Å². The van der Waals surface area contributed by atoms with Crippen LogP contribution in [0.5, 0.6) is 0 Å². The maximum absolute atomic E-state index is 13.2. The quantitative estimate of drug-likeness (QED) is 0.179. The van der Waals surface area contributed by atoms with Gasteiger partial charge in [-0.1, -0.05) is 40.5 Å². The van der Waals surface area contributed by atoms with Crippen molar-refractivity contribution in [3.05, 3.63) is 0 Å². The summed E-state index contributed by atoms with van der Waals surface area (Å²) in [5.74, 6) is -0.964. The van der Waals surface area contributed by atoms with Crippen molar-refractivity contribution in [1.82, 2.24) is 16.0 Å². The van der Waals surface area contributed by atoms with E-state index in [1.54, 1.807) is 13.8 Å². The Morgan fingerprint density at radius 3 is 2.17 bits per heavy atom. The van der Waals surface area contributed by atoms with Crippen LogP contribution in [0.1, 0.15) is 79.1 Å². The molecule has 172 valence electrons. The number of carbonyl (C=O) groups excluding carboxylic acids is 3. The Kier molecular flexibility index (Phi) is 10.6. The molecule has 0 aliphatic heterocycles. The van der Waals surface area contributed by atoms with E-state index in [1.807, 2.05) is 13.8 Å². The minimum atomic E-state index is -1.05. The van der Waals surface area contributed by atoms with Crippen LogP contribution in [-0.4, -0.2) is 47.8 Å². The lowest BCUT2D eigenvalue weighted by molar-refractivity contribution is -0.137. The van der Waals surface area contributed by atoms with Gasteiger partial charge in [-0.2, -0.15) is 0 Å². The SMILES string of the molecule is CCC(CC)(NC(=O)C(C)C)C(=O)NC(CCCN=C(N)N)C(=O)NC1CCCC1. The molecule has 1 aliphatic carbocycles. The van der Waals surface area contributed by atoms with Crippen molar-refractivity contribution >= 4 is 23.7 Å². The number of rotatable bonds is 12. The fourth-order valence-corrected chi connectivity index (χ4v) is 3.63. The number of nitrogens with one attached hydrogen (secondary N) is 3. The van der Waals surface area contributed by atoms with Gasteiger partial charge in [0.2, 0.25) is 17.7 Å². The molecular weight excluding hydrogens is 384 g/mol. The molecule has 9 nitrogen and oxygen atoms in total. The smallest absolute Gasteiger partial charge is 0.246 e. The second kappa shape index (κ2) is 12.4. The number of nitrogens with zero attached hydrogens (tertiary/aromatic N) is 1. The molecule has 1 aliphatic rings. The summed E-state index contributed by atoms with van der Waals surface area (Å²) in [6, 6.07) is -0.557. The van der Waals surface area contributed by atoms with Crippen LogP contribution in [0, 0.1) is 5.92 Å². The fourth-order valence-electron chi connectivity index (χ4n) is 3.63. The van der Waals surface area contributed by atoms with Crippen LogP contribution in [-0.2, 0) is 14.4 Å². The lowest BCUT2D eigenvalue weighted by Crippen LogP contribution is -2.62. The molecule has 1 atom stereocenters. The van der Waals surface area contributed by atoms with Gasteiger partial charge in [0, 0.05) is 18.5 Å². The molecule has 9 heteroatoms. The molecule has 0 bridgehead atoms. The molecule has 1 rings (SSSR count). The Morgan fingerprint density at radius 1 is 1.07 bits per heavy atom. The third kappa shape index (κ3) is 7.84. The molecular formula is C21H40N6O3. The molecule has 1 unspecified atom stereocenters. The zero-order valence-corrected chi connectivity index (χ0v) is 18.9. The van der Waals surface area contributed by atoms with Gasteiger partial charge in [0.05, 0.1) is 0 Å². The fraction of sp³-hybridized carbons (Fsp3) is 0.810. The minimum absolute atomic E-state index is 0.00151. The number of aliphatic imine (C=N–C) groups is 1. The van der Waals surface area contributed by atoms with Crippen LogP contribution in [0.25, 0.3) is 0 Å². The van der Waals surface area contributed by atoms with Gasteiger partial charge in [-0.05, 0) is 38.5 Å². The number of hydrogen-bond acceptors (Lipinski definition) is 4. The van der Waals surface area contributed by atoms with Gasteiger partial charge in [-0.15, -0.1) is 0 Å². The molecule has 0 spiro atoms. The topological polar surface area (TPSA) is 152 Å². The predicted molar refractivity (Wildman–Crippen MR) is 119 cm³/mol. The van der Waals surface area contributed by atoms with E-state index in [0.717, 1.165) is 25.7 Å². The van der Waals surface area contributed by atoms with E-state index < -0.39 is 11.6 Å². The number of guanidine groups is 1. The average molecular weight is 425 g/mol. The van der Waals surface area contributed by atoms with Crippen LogP contribution in [0.2, 0.25) is 0 Å². The Balaban J connectivity index is 2.91. The Labute approximate surface area is 180 Å². The normalized spacial score (nSPS) is 15.5. The third-order valence-electron chi connectivity index (χ3n) is 5.80. The van der Waals surface area contributed by atoms with Gasteiger partial charge in [-0.25, -0.2) is 0 Å². The number of carbonyl (C=O) groups is 3. The van der Waals surface area contributed by atoms with E-state index in [1.165, 1.54) is 0 Å². The average Bonchev–Trinajstić information content (AvgIpc) is 3.20. The molecule has 7 N–H and O–H groups in total. The minimum Gasteiger partial charge on any atom is -0.370 e. The molecule has 0 aromatic carbocycles. The summed E-state index contributed by atoms with van der Waals surface area (Å²) in [7, 11) is 0. The van der Waals surface area contributed by atoms with Crippen molar-refractivity contribution in [3.8, 4) is 0 Å². The van der Waals surface area contributed by atoms with E-state index in [0.29, 0.717) is 32.2 Å². The van der Waals surface area contributed by atoms with Crippen LogP contribution in [0.4, 0.5) is 0 Å². The number of amides is 3. The summed E-state index contributed by atoms with van der Waals surface area (Å²) in [5, 5.41) is 8.83. The monoisotopic (exact) mass is 424 g/mol. The Hall–Kier alpha value is -2.32. The summed E-state index contributed by atoms with van der Waals surface area (Å²) in [6.45, 7) is 7.66. The summed E-state index contributed by atoms with van der Waals surface area (Å²) in [6.07, 6.45) is 5.92. The van der Waals surface area contributed by atoms with E-state index in [4.69, 9.17) is 11.5 Å². The molecule has 0 aromatic rings. The standard InChI is InChI=1S/C21H40N6O3/c1-5-21(6-2,27-17(28)14(3)4)19(30)26-16(12-9-13-24-20(22)23)18(29)25-15-10-7-8-11-15/h14-16H,5-13H2,1-4H3,(H,25,29)(H,26,30)(H,27,28)(H4,22,23,24). The highest BCUT2D eigenvalue weighted by Gasteiger charge is 2.39. The highest BCUT2D eigenvalue weighted by atomic mass is 16.2. The van der Waals surface area contributed by atoms with Crippen LogP contribution >= 0.6 is 0 Å². The largest absolute Gasteiger partial charge is 0.370 e. The third-order valence-corrected chi connectivity index (χ3v) is 5.80. The highest BCUT2D eigenvalue weighted by Crippen LogP contribution is 2.19. The van der Waals surface area contributed by atoms with Crippen LogP contribution in [0.15, 0.2) is 4.99 Å². The van der Waals surface area contributed by atoms with Gasteiger partial charge in [-0.3, -0.25) is 19.4 Å². The maximum Gasteiger partial charge on any atom is 0.246 e. The van der Waals surface area contributed by atoms with Gasteiger partial charge in [0.25, 0.3) is 0 Å². The summed E-state index contributed by atoms with van der Waals surface area (Å²) in [5.41, 5.74) is 9.67. The molecule has 1 fully saturated rings. The molecule has 0 heterocycles. The van der Waals surface area contributed by atoms with Gasteiger partial charge >= 0.3 is 0 Å². The van der Waals surface area contributed by atoms with Gasteiger partial charge in [0.15, 0.2) is 5.96 Å². The van der Waals surface area contributed by atoms with E-state index in [2.05, 4.69) is 20.9 Å². The molecule has 0 radical (unpaired) electrons. The van der Waals surface area contributed by atoms with E-state index in [9.17, 15) is 14.4 Å². The van der Waals surface area contributed by atoms with Crippen molar-refractivity contribution in [2.45, 2.75) is 96.7 Å².